The highest BCUT2D eigenvalue weighted by atomic mass is 79.9. The Balaban J connectivity index is 2.42. The number of pyridine rings is 1. The van der Waals surface area contributed by atoms with Crippen LogP contribution >= 0.6 is 27.7 Å². The Morgan fingerprint density at radius 2 is 2.38 bits per heavy atom. The van der Waals surface area contributed by atoms with E-state index >= 15 is 0 Å². The van der Waals surface area contributed by atoms with Gasteiger partial charge in [0.15, 0.2) is 0 Å². The smallest absolute Gasteiger partial charge is 0.306 e. The molecule has 0 saturated heterocycles. The maximum Gasteiger partial charge on any atom is 0.306 e. The normalized spacial score (nSPS) is 12.2. The minimum absolute atomic E-state index is 0.153. The van der Waals surface area contributed by atoms with Crippen molar-refractivity contribution in [1.82, 2.24) is 4.98 Å². The molecule has 1 unspecified atom stereocenters. The first-order chi connectivity index (χ1) is 7.61. The quantitative estimate of drug-likeness (QED) is 0.618. The van der Waals surface area contributed by atoms with E-state index in [1.54, 1.807) is 18.0 Å². The van der Waals surface area contributed by atoms with Gasteiger partial charge in [0.1, 0.15) is 0 Å². The van der Waals surface area contributed by atoms with Gasteiger partial charge in [-0.05, 0) is 35.0 Å². The minimum Gasteiger partial charge on any atom is -0.466 e. The molecule has 0 amide bonds. The predicted molar refractivity (Wildman–Crippen MR) is 68.5 cm³/mol. The summed E-state index contributed by atoms with van der Waals surface area (Å²) in [7, 11) is 0. The van der Waals surface area contributed by atoms with E-state index in [4.69, 9.17) is 4.74 Å². The number of rotatable bonds is 5. The van der Waals surface area contributed by atoms with Gasteiger partial charge < -0.3 is 4.74 Å². The van der Waals surface area contributed by atoms with Crippen LogP contribution in [0.15, 0.2) is 27.8 Å². The summed E-state index contributed by atoms with van der Waals surface area (Å²) >= 11 is 4.90. The van der Waals surface area contributed by atoms with Gasteiger partial charge in [-0.3, -0.25) is 4.79 Å². The van der Waals surface area contributed by atoms with Crippen LogP contribution in [0.1, 0.15) is 20.3 Å². The number of carbonyl (C=O) groups is 1. The van der Waals surface area contributed by atoms with Crippen LogP contribution in [0.4, 0.5) is 0 Å². The van der Waals surface area contributed by atoms with Gasteiger partial charge in [-0.1, -0.05) is 6.92 Å². The molecule has 0 radical (unpaired) electrons. The Kier molecular flexibility index (Phi) is 5.84. The summed E-state index contributed by atoms with van der Waals surface area (Å²) in [6, 6.07) is 3.86. The Hall–Kier alpha value is -0.550. The molecule has 88 valence electrons. The van der Waals surface area contributed by atoms with Crippen molar-refractivity contribution in [2.24, 2.45) is 0 Å². The lowest BCUT2D eigenvalue weighted by Gasteiger charge is -2.09. The van der Waals surface area contributed by atoms with Crippen molar-refractivity contribution >= 4 is 33.7 Å². The zero-order valence-electron chi connectivity index (χ0n) is 9.27. The standard InChI is InChI=1S/C11H14BrNO2S/c1-3-15-11(14)6-8(2)16-10-5-4-9(12)7-13-10/h4-5,7-8H,3,6H2,1-2H3. The zero-order valence-corrected chi connectivity index (χ0v) is 11.7. The summed E-state index contributed by atoms with van der Waals surface area (Å²) < 4.78 is 5.84. The van der Waals surface area contributed by atoms with Gasteiger partial charge in [-0.15, -0.1) is 11.8 Å². The van der Waals surface area contributed by atoms with Gasteiger partial charge in [0.25, 0.3) is 0 Å². The van der Waals surface area contributed by atoms with Gasteiger partial charge in [0, 0.05) is 15.9 Å². The number of aromatic nitrogens is 1. The van der Waals surface area contributed by atoms with Crippen LogP contribution in [0.3, 0.4) is 0 Å². The van der Waals surface area contributed by atoms with Crippen LogP contribution in [0.5, 0.6) is 0 Å². The lowest BCUT2D eigenvalue weighted by Crippen LogP contribution is -2.10. The highest BCUT2D eigenvalue weighted by Gasteiger charge is 2.11. The molecule has 0 fully saturated rings. The Labute approximate surface area is 108 Å². The van der Waals surface area contributed by atoms with E-state index in [0.29, 0.717) is 13.0 Å². The molecular formula is C11H14BrNO2S. The molecule has 0 saturated carbocycles. The molecule has 1 atom stereocenters. The van der Waals surface area contributed by atoms with E-state index in [1.807, 2.05) is 26.0 Å². The molecule has 0 N–H and O–H groups in total. The maximum absolute atomic E-state index is 11.2. The fraction of sp³-hybridized carbons (Fsp3) is 0.455. The second-order valence-electron chi connectivity index (χ2n) is 3.25. The largest absolute Gasteiger partial charge is 0.466 e. The van der Waals surface area contributed by atoms with E-state index in [0.717, 1.165) is 9.50 Å². The summed E-state index contributed by atoms with van der Waals surface area (Å²) in [5.74, 6) is -0.153. The van der Waals surface area contributed by atoms with Gasteiger partial charge in [-0.2, -0.15) is 0 Å². The number of ether oxygens (including phenoxy) is 1. The SMILES string of the molecule is CCOC(=O)CC(C)Sc1ccc(Br)cn1. The number of esters is 1. The number of thioether (sulfide) groups is 1. The number of nitrogens with zero attached hydrogens (tertiary/aromatic N) is 1. The molecular weight excluding hydrogens is 290 g/mol. The Bertz CT molecular complexity index is 342. The topological polar surface area (TPSA) is 39.2 Å². The highest BCUT2D eigenvalue weighted by Crippen LogP contribution is 2.24. The van der Waals surface area contributed by atoms with E-state index in [2.05, 4.69) is 20.9 Å². The first-order valence-corrected chi connectivity index (χ1v) is 6.73. The maximum atomic E-state index is 11.2. The third-order valence-electron chi connectivity index (χ3n) is 1.78. The number of hydrogen-bond donors (Lipinski definition) is 0. The summed E-state index contributed by atoms with van der Waals surface area (Å²) in [6.07, 6.45) is 2.16. The molecule has 1 heterocycles. The van der Waals surface area contributed by atoms with Crippen LogP contribution in [0.2, 0.25) is 0 Å². The molecule has 0 aliphatic carbocycles. The monoisotopic (exact) mass is 303 g/mol. The molecule has 5 heteroatoms. The van der Waals surface area contributed by atoms with E-state index in [1.165, 1.54) is 0 Å². The molecule has 0 aliphatic rings. The Morgan fingerprint density at radius 3 is 2.94 bits per heavy atom. The molecule has 1 aromatic rings. The van der Waals surface area contributed by atoms with Crippen LogP contribution in [-0.2, 0) is 9.53 Å². The van der Waals surface area contributed by atoms with Gasteiger partial charge in [0.2, 0.25) is 0 Å². The second kappa shape index (κ2) is 6.91. The summed E-state index contributed by atoms with van der Waals surface area (Å²) in [5.41, 5.74) is 0. The number of halogens is 1. The molecule has 0 spiro atoms. The molecule has 3 nitrogen and oxygen atoms in total. The third kappa shape index (κ3) is 4.99. The van der Waals surface area contributed by atoms with Crippen molar-refractivity contribution in [3.63, 3.8) is 0 Å². The average molecular weight is 304 g/mol. The number of carbonyl (C=O) groups excluding carboxylic acids is 1. The van der Waals surface area contributed by atoms with Gasteiger partial charge in [-0.25, -0.2) is 4.98 Å². The fourth-order valence-corrected chi connectivity index (χ4v) is 2.26. The van der Waals surface area contributed by atoms with Crippen molar-refractivity contribution in [1.29, 1.82) is 0 Å². The summed E-state index contributed by atoms with van der Waals surface area (Å²) in [4.78, 5) is 15.5. The summed E-state index contributed by atoms with van der Waals surface area (Å²) in [5, 5.41) is 1.09. The first-order valence-electron chi connectivity index (χ1n) is 5.05. The molecule has 16 heavy (non-hydrogen) atoms. The van der Waals surface area contributed by atoms with Crippen molar-refractivity contribution in [2.45, 2.75) is 30.5 Å². The lowest BCUT2D eigenvalue weighted by atomic mass is 10.3. The van der Waals surface area contributed by atoms with Crippen molar-refractivity contribution in [3.8, 4) is 0 Å². The first kappa shape index (κ1) is 13.5. The van der Waals surface area contributed by atoms with E-state index in [9.17, 15) is 4.79 Å². The minimum atomic E-state index is -0.153. The molecule has 0 aromatic carbocycles. The van der Waals surface area contributed by atoms with E-state index < -0.39 is 0 Å². The number of hydrogen-bond acceptors (Lipinski definition) is 4. The van der Waals surface area contributed by atoms with Crippen LogP contribution in [0.25, 0.3) is 0 Å². The Morgan fingerprint density at radius 1 is 1.62 bits per heavy atom. The van der Waals surface area contributed by atoms with Crippen molar-refractivity contribution in [3.05, 3.63) is 22.8 Å². The molecule has 0 bridgehead atoms. The fourth-order valence-electron chi connectivity index (χ4n) is 1.13. The molecule has 1 rings (SSSR count). The van der Waals surface area contributed by atoms with Crippen LogP contribution < -0.4 is 0 Å². The van der Waals surface area contributed by atoms with Crippen LogP contribution in [0, 0.1) is 0 Å². The highest BCUT2D eigenvalue weighted by molar-refractivity contribution is 9.10. The third-order valence-corrected chi connectivity index (χ3v) is 3.30. The lowest BCUT2D eigenvalue weighted by molar-refractivity contribution is -0.142. The van der Waals surface area contributed by atoms with E-state index in [-0.39, 0.29) is 11.2 Å². The van der Waals surface area contributed by atoms with Gasteiger partial charge in [0.05, 0.1) is 18.1 Å². The van der Waals surface area contributed by atoms with Crippen LogP contribution in [-0.4, -0.2) is 22.8 Å². The van der Waals surface area contributed by atoms with Crippen molar-refractivity contribution < 1.29 is 9.53 Å². The van der Waals surface area contributed by atoms with Crippen molar-refractivity contribution in [2.75, 3.05) is 6.61 Å². The van der Waals surface area contributed by atoms with Gasteiger partial charge >= 0.3 is 5.97 Å². The average Bonchev–Trinajstić information content (AvgIpc) is 2.21. The molecule has 0 aliphatic heterocycles. The second-order valence-corrected chi connectivity index (χ2v) is 5.63. The molecule has 1 aromatic heterocycles. The zero-order chi connectivity index (χ0) is 12.0. The predicted octanol–water partition coefficient (Wildman–Crippen LogP) is 3.28. The summed E-state index contributed by atoms with van der Waals surface area (Å²) in [6.45, 7) is 4.24.